The number of carbonyl (C=O) groups is 1. The van der Waals surface area contributed by atoms with Crippen LogP contribution in [0.15, 0.2) is 66.3 Å². The molecule has 0 fully saturated rings. The number of nitrogens with one attached hydrogen (secondary N) is 1. The number of halogens is 1. The molecule has 1 amide bonds. The van der Waals surface area contributed by atoms with Crippen LogP contribution in [0.3, 0.4) is 0 Å². The van der Waals surface area contributed by atoms with Gasteiger partial charge in [0, 0.05) is 17.3 Å². The summed E-state index contributed by atoms with van der Waals surface area (Å²) in [5.74, 6) is 1.43. The molecule has 0 saturated heterocycles. The standard InChI is InChI=1S/C23H25ClN4O2S/c1-4-13-28-22(16(3)30-19-11-8-10-18(24)14-19)26-27-23(28)31-15-21(29)25-20-12-7-6-9-17(20)5-2/h4,6-12,14,16H,1,5,13,15H2,2-3H3,(H,25,29). The lowest BCUT2D eigenvalue weighted by atomic mass is 10.1. The van der Waals surface area contributed by atoms with Crippen molar-refractivity contribution >= 4 is 35.0 Å². The van der Waals surface area contributed by atoms with Crippen LogP contribution in [0.4, 0.5) is 5.69 Å². The molecule has 1 heterocycles. The van der Waals surface area contributed by atoms with Gasteiger partial charge >= 0.3 is 0 Å². The number of para-hydroxylation sites is 1. The predicted octanol–water partition coefficient (Wildman–Crippen LogP) is 5.55. The van der Waals surface area contributed by atoms with Gasteiger partial charge in [-0.15, -0.1) is 16.8 Å². The second-order valence-corrected chi connectivity index (χ2v) is 8.18. The summed E-state index contributed by atoms with van der Waals surface area (Å²) in [7, 11) is 0. The Morgan fingerprint density at radius 3 is 2.84 bits per heavy atom. The molecule has 0 bridgehead atoms. The van der Waals surface area contributed by atoms with Crippen LogP contribution >= 0.6 is 23.4 Å². The van der Waals surface area contributed by atoms with E-state index in [2.05, 4.69) is 29.0 Å². The fourth-order valence-corrected chi connectivity index (χ4v) is 4.01. The van der Waals surface area contributed by atoms with Crippen molar-refractivity contribution in [1.82, 2.24) is 14.8 Å². The molecule has 0 aliphatic rings. The van der Waals surface area contributed by atoms with E-state index in [9.17, 15) is 4.79 Å². The fourth-order valence-electron chi connectivity index (χ4n) is 3.07. The molecule has 1 aromatic heterocycles. The zero-order valence-electron chi connectivity index (χ0n) is 17.5. The molecule has 0 aliphatic carbocycles. The summed E-state index contributed by atoms with van der Waals surface area (Å²) in [4.78, 5) is 12.5. The van der Waals surface area contributed by atoms with Gasteiger partial charge < -0.3 is 10.1 Å². The van der Waals surface area contributed by atoms with Gasteiger partial charge in [0.2, 0.25) is 5.91 Å². The van der Waals surface area contributed by atoms with Crippen LogP contribution in [-0.4, -0.2) is 26.4 Å². The minimum atomic E-state index is -0.356. The molecule has 1 atom stereocenters. The number of thioether (sulfide) groups is 1. The van der Waals surface area contributed by atoms with Crippen LogP contribution in [0.1, 0.15) is 31.3 Å². The molecule has 0 aliphatic heterocycles. The maximum Gasteiger partial charge on any atom is 0.234 e. The van der Waals surface area contributed by atoms with Crippen LogP contribution in [0.5, 0.6) is 5.75 Å². The largest absolute Gasteiger partial charge is 0.483 e. The van der Waals surface area contributed by atoms with Gasteiger partial charge in [0.1, 0.15) is 5.75 Å². The van der Waals surface area contributed by atoms with E-state index < -0.39 is 0 Å². The molecule has 3 rings (SSSR count). The van der Waals surface area contributed by atoms with Gasteiger partial charge in [-0.2, -0.15) is 0 Å². The third-order valence-electron chi connectivity index (χ3n) is 4.53. The minimum Gasteiger partial charge on any atom is -0.483 e. The summed E-state index contributed by atoms with van der Waals surface area (Å²) in [5, 5.41) is 12.8. The lowest BCUT2D eigenvalue weighted by Gasteiger charge is -2.16. The highest BCUT2D eigenvalue weighted by Gasteiger charge is 2.20. The SMILES string of the molecule is C=CCn1c(SCC(=O)Nc2ccccc2CC)nnc1C(C)Oc1cccc(Cl)c1. The van der Waals surface area contributed by atoms with Crippen LogP contribution in [0.25, 0.3) is 0 Å². The molecule has 0 radical (unpaired) electrons. The van der Waals surface area contributed by atoms with E-state index in [4.69, 9.17) is 16.3 Å². The van der Waals surface area contributed by atoms with E-state index in [0.29, 0.717) is 28.3 Å². The number of hydrogen-bond donors (Lipinski definition) is 1. The Balaban J connectivity index is 1.68. The molecular weight excluding hydrogens is 432 g/mol. The van der Waals surface area contributed by atoms with Crippen molar-refractivity contribution < 1.29 is 9.53 Å². The van der Waals surface area contributed by atoms with Crippen LogP contribution in [0, 0.1) is 0 Å². The summed E-state index contributed by atoms with van der Waals surface area (Å²) >= 11 is 7.37. The number of amides is 1. The number of carbonyl (C=O) groups excluding carboxylic acids is 1. The van der Waals surface area contributed by atoms with Crippen molar-refractivity contribution in [2.45, 2.75) is 38.1 Å². The highest BCUT2D eigenvalue weighted by molar-refractivity contribution is 7.99. The summed E-state index contributed by atoms with van der Waals surface area (Å²) < 4.78 is 7.88. The number of anilines is 1. The molecule has 8 heteroatoms. The van der Waals surface area contributed by atoms with Gasteiger partial charge in [-0.05, 0) is 43.2 Å². The minimum absolute atomic E-state index is 0.0937. The molecule has 6 nitrogen and oxygen atoms in total. The summed E-state index contributed by atoms with van der Waals surface area (Å²) in [6, 6.07) is 15.0. The van der Waals surface area contributed by atoms with E-state index in [1.54, 1.807) is 18.2 Å². The Morgan fingerprint density at radius 2 is 2.10 bits per heavy atom. The van der Waals surface area contributed by atoms with Gasteiger partial charge in [-0.1, -0.05) is 60.6 Å². The van der Waals surface area contributed by atoms with Gasteiger partial charge in [0.15, 0.2) is 17.1 Å². The molecule has 162 valence electrons. The topological polar surface area (TPSA) is 69.0 Å². The summed E-state index contributed by atoms with van der Waals surface area (Å²) in [6.07, 6.45) is 2.26. The normalized spacial score (nSPS) is 11.7. The van der Waals surface area contributed by atoms with Gasteiger partial charge in [-0.25, -0.2) is 0 Å². The molecule has 31 heavy (non-hydrogen) atoms. The Kier molecular flexibility index (Phi) is 8.14. The monoisotopic (exact) mass is 456 g/mol. The number of ether oxygens (including phenoxy) is 1. The number of aromatic nitrogens is 3. The number of rotatable bonds is 10. The molecule has 1 unspecified atom stereocenters. The first-order valence-electron chi connectivity index (χ1n) is 9.98. The highest BCUT2D eigenvalue weighted by Crippen LogP contribution is 2.26. The first-order chi connectivity index (χ1) is 15.0. The van der Waals surface area contributed by atoms with E-state index in [0.717, 1.165) is 17.7 Å². The van der Waals surface area contributed by atoms with Crippen molar-refractivity contribution in [2.75, 3.05) is 11.1 Å². The van der Waals surface area contributed by atoms with Crippen molar-refractivity contribution in [3.05, 3.63) is 77.6 Å². The average molecular weight is 457 g/mol. The fraction of sp³-hybridized carbons (Fsp3) is 0.261. The van der Waals surface area contributed by atoms with Gasteiger partial charge in [0.25, 0.3) is 0 Å². The van der Waals surface area contributed by atoms with Gasteiger partial charge in [-0.3, -0.25) is 9.36 Å². The first kappa shape index (κ1) is 22.9. The van der Waals surface area contributed by atoms with Crippen molar-refractivity contribution in [3.63, 3.8) is 0 Å². The third-order valence-corrected chi connectivity index (χ3v) is 5.74. The van der Waals surface area contributed by atoms with Crippen molar-refractivity contribution in [1.29, 1.82) is 0 Å². The molecule has 2 aromatic carbocycles. The molecule has 0 saturated carbocycles. The quantitative estimate of drug-likeness (QED) is 0.320. The highest BCUT2D eigenvalue weighted by atomic mass is 35.5. The number of hydrogen-bond acceptors (Lipinski definition) is 5. The molecule has 3 aromatic rings. The Bertz CT molecular complexity index is 1050. The summed E-state index contributed by atoms with van der Waals surface area (Å²) in [6.45, 7) is 8.29. The molecule has 1 N–H and O–H groups in total. The van der Waals surface area contributed by atoms with Crippen molar-refractivity contribution in [2.24, 2.45) is 0 Å². The lowest BCUT2D eigenvalue weighted by Crippen LogP contribution is -2.16. The number of nitrogens with zero attached hydrogens (tertiary/aromatic N) is 3. The number of benzene rings is 2. The Labute approximate surface area is 191 Å². The number of aryl methyl sites for hydroxylation is 1. The predicted molar refractivity (Wildman–Crippen MR) is 126 cm³/mol. The smallest absolute Gasteiger partial charge is 0.234 e. The maximum absolute atomic E-state index is 12.5. The van der Waals surface area contributed by atoms with Crippen molar-refractivity contribution in [3.8, 4) is 5.75 Å². The number of allylic oxidation sites excluding steroid dienone is 1. The second kappa shape index (κ2) is 11.0. The first-order valence-corrected chi connectivity index (χ1v) is 11.3. The average Bonchev–Trinajstić information content (AvgIpc) is 3.16. The third kappa shape index (κ3) is 6.12. The van der Waals surface area contributed by atoms with E-state index in [1.165, 1.54) is 11.8 Å². The molecule has 0 spiro atoms. The van der Waals surface area contributed by atoms with Crippen LogP contribution < -0.4 is 10.1 Å². The summed E-state index contributed by atoms with van der Waals surface area (Å²) in [5.41, 5.74) is 1.94. The van der Waals surface area contributed by atoms with Crippen LogP contribution in [0.2, 0.25) is 5.02 Å². The maximum atomic E-state index is 12.5. The van der Waals surface area contributed by atoms with E-state index in [-0.39, 0.29) is 17.8 Å². The van der Waals surface area contributed by atoms with Crippen LogP contribution in [-0.2, 0) is 17.8 Å². The van der Waals surface area contributed by atoms with E-state index >= 15 is 0 Å². The Morgan fingerprint density at radius 1 is 1.29 bits per heavy atom. The zero-order valence-corrected chi connectivity index (χ0v) is 19.1. The molecular formula is C23H25ClN4O2S. The lowest BCUT2D eigenvalue weighted by molar-refractivity contribution is -0.113. The second-order valence-electron chi connectivity index (χ2n) is 6.81. The van der Waals surface area contributed by atoms with E-state index in [1.807, 2.05) is 47.9 Å². The Hall–Kier alpha value is -2.77. The van der Waals surface area contributed by atoms with Gasteiger partial charge in [0.05, 0.1) is 5.75 Å². The zero-order chi connectivity index (χ0) is 22.2.